The van der Waals surface area contributed by atoms with Crippen molar-refractivity contribution in [2.24, 2.45) is 0 Å². The van der Waals surface area contributed by atoms with Crippen molar-refractivity contribution in [2.45, 2.75) is 45.6 Å². The third-order valence-corrected chi connectivity index (χ3v) is 6.28. The van der Waals surface area contributed by atoms with Gasteiger partial charge in [-0.3, -0.25) is 0 Å². The normalized spacial score (nSPS) is 26.5. The lowest BCUT2D eigenvalue weighted by atomic mass is 10.1. The molecule has 1 N–H and O–H groups in total. The molecule has 0 aliphatic carbocycles. The number of rotatable bonds is 5. The van der Waals surface area contributed by atoms with Crippen molar-refractivity contribution in [3.63, 3.8) is 0 Å². The third kappa shape index (κ3) is 3.61. The minimum Gasteiger partial charge on any atom is -0.315 e. The largest absolute Gasteiger partial charge is 0.315 e. The second-order valence-corrected chi connectivity index (χ2v) is 7.62. The van der Waals surface area contributed by atoms with Gasteiger partial charge in [-0.25, -0.2) is 0 Å². The van der Waals surface area contributed by atoms with E-state index in [-0.39, 0.29) is 6.04 Å². The monoisotopic (exact) mass is 301 g/mol. The SMILES string of the molecule is CCNCC1CCCCN1S(=O)(=O)N1CC=C(C)CC1. The summed E-state index contributed by atoms with van der Waals surface area (Å²) in [6.45, 7) is 7.58. The second kappa shape index (κ2) is 7.02. The molecule has 2 aliphatic heterocycles. The lowest BCUT2D eigenvalue weighted by Crippen LogP contribution is -2.54. The molecule has 5 nitrogen and oxygen atoms in total. The summed E-state index contributed by atoms with van der Waals surface area (Å²) in [5.41, 5.74) is 1.29. The first-order valence-corrected chi connectivity index (χ1v) is 9.08. The number of nitrogens with zero attached hydrogens (tertiary/aromatic N) is 2. The number of hydrogen-bond acceptors (Lipinski definition) is 3. The summed E-state index contributed by atoms with van der Waals surface area (Å²) in [4.78, 5) is 0. The van der Waals surface area contributed by atoms with E-state index < -0.39 is 10.2 Å². The molecule has 0 aromatic rings. The van der Waals surface area contributed by atoms with Crippen LogP contribution in [-0.2, 0) is 10.2 Å². The van der Waals surface area contributed by atoms with Gasteiger partial charge in [0.15, 0.2) is 0 Å². The minimum atomic E-state index is -3.31. The average Bonchev–Trinajstić information content (AvgIpc) is 2.46. The molecular weight excluding hydrogens is 274 g/mol. The molecule has 0 saturated carbocycles. The van der Waals surface area contributed by atoms with Crippen LogP contribution in [0.5, 0.6) is 0 Å². The number of nitrogens with one attached hydrogen (secondary N) is 1. The van der Waals surface area contributed by atoms with Gasteiger partial charge in [-0.05, 0) is 32.7 Å². The average molecular weight is 301 g/mol. The summed E-state index contributed by atoms with van der Waals surface area (Å²) in [6.07, 6.45) is 5.95. The molecule has 1 atom stereocenters. The second-order valence-electron chi connectivity index (χ2n) is 5.73. The van der Waals surface area contributed by atoms with Crippen molar-refractivity contribution in [3.05, 3.63) is 11.6 Å². The Balaban J connectivity index is 2.09. The van der Waals surface area contributed by atoms with Crippen LogP contribution in [0.15, 0.2) is 11.6 Å². The van der Waals surface area contributed by atoms with Gasteiger partial charge in [-0.15, -0.1) is 0 Å². The fourth-order valence-electron chi connectivity index (χ4n) is 2.90. The van der Waals surface area contributed by atoms with Gasteiger partial charge in [0.2, 0.25) is 0 Å². The molecule has 0 radical (unpaired) electrons. The van der Waals surface area contributed by atoms with Gasteiger partial charge in [0.1, 0.15) is 0 Å². The molecule has 1 saturated heterocycles. The number of piperidine rings is 1. The van der Waals surface area contributed by atoms with E-state index >= 15 is 0 Å². The molecule has 0 amide bonds. The van der Waals surface area contributed by atoms with Crippen molar-refractivity contribution in [1.29, 1.82) is 0 Å². The van der Waals surface area contributed by atoms with Gasteiger partial charge in [-0.1, -0.05) is 25.0 Å². The summed E-state index contributed by atoms with van der Waals surface area (Å²) in [5.74, 6) is 0. The van der Waals surface area contributed by atoms with Crippen LogP contribution in [-0.4, -0.2) is 55.8 Å². The van der Waals surface area contributed by atoms with Crippen molar-refractivity contribution in [3.8, 4) is 0 Å². The van der Waals surface area contributed by atoms with Crippen LogP contribution in [0.3, 0.4) is 0 Å². The smallest absolute Gasteiger partial charge is 0.282 e. The first-order valence-electron chi connectivity index (χ1n) is 7.69. The Morgan fingerprint density at radius 1 is 1.35 bits per heavy atom. The third-order valence-electron chi connectivity index (χ3n) is 4.22. The molecule has 0 spiro atoms. The van der Waals surface area contributed by atoms with Crippen molar-refractivity contribution in [2.75, 3.05) is 32.7 Å². The lowest BCUT2D eigenvalue weighted by molar-refractivity contribution is 0.228. The first kappa shape index (κ1) is 15.9. The van der Waals surface area contributed by atoms with Crippen molar-refractivity contribution < 1.29 is 8.42 Å². The highest BCUT2D eigenvalue weighted by Gasteiger charge is 2.36. The molecule has 0 bridgehead atoms. The van der Waals surface area contributed by atoms with Gasteiger partial charge < -0.3 is 5.32 Å². The fourth-order valence-corrected chi connectivity index (χ4v) is 4.70. The van der Waals surface area contributed by atoms with Gasteiger partial charge in [-0.2, -0.15) is 17.0 Å². The Morgan fingerprint density at radius 2 is 2.15 bits per heavy atom. The van der Waals surface area contributed by atoms with E-state index in [9.17, 15) is 8.42 Å². The molecule has 1 fully saturated rings. The van der Waals surface area contributed by atoms with E-state index in [4.69, 9.17) is 0 Å². The topological polar surface area (TPSA) is 52.7 Å². The van der Waals surface area contributed by atoms with E-state index in [0.717, 1.165) is 38.8 Å². The molecule has 0 aromatic heterocycles. The van der Waals surface area contributed by atoms with Gasteiger partial charge >= 0.3 is 0 Å². The number of likely N-dealkylation sites (N-methyl/N-ethyl adjacent to an activating group) is 1. The Morgan fingerprint density at radius 3 is 2.80 bits per heavy atom. The molecule has 0 aromatic carbocycles. The molecule has 2 aliphatic rings. The predicted molar refractivity (Wildman–Crippen MR) is 81.8 cm³/mol. The minimum absolute atomic E-state index is 0.112. The molecule has 20 heavy (non-hydrogen) atoms. The van der Waals surface area contributed by atoms with Crippen LogP contribution < -0.4 is 5.32 Å². The highest BCUT2D eigenvalue weighted by molar-refractivity contribution is 7.86. The highest BCUT2D eigenvalue weighted by atomic mass is 32.2. The highest BCUT2D eigenvalue weighted by Crippen LogP contribution is 2.24. The molecule has 1 unspecified atom stereocenters. The lowest BCUT2D eigenvalue weighted by Gasteiger charge is -2.38. The maximum atomic E-state index is 12.8. The summed E-state index contributed by atoms with van der Waals surface area (Å²) >= 11 is 0. The predicted octanol–water partition coefficient (Wildman–Crippen LogP) is 1.35. The summed E-state index contributed by atoms with van der Waals surface area (Å²) in [5, 5.41) is 3.29. The van der Waals surface area contributed by atoms with E-state index in [0.29, 0.717) is 19.6 Å². The molecule has 2 heterocycles. The van der Waals surface area contributed by atoms with Crippen LogP contribution in [0, 0.1) is 0 Å². The maximum Gasteiger partial charge on any atom is 0.282 e. The summed E-state index contributed by atoms with van der Waals surface area (Å²) < 4.78 is 29.0. The Labute approximate surface area is 123 Å². The molecule has 2 rings (SSSR count). The van der Waals surface area contributed by atoms with Crippen molar-refractivity contribution >= 4 is 10.2 Å². The molecule has 6 heteroatoms. The van der Waals surface area contributed by atoms with Gasteiger partial charge in [0.05, 0.1) is 0 Å². The zero-order chi connectivity index (χ0) is 14.6. The standard InChI is InChI=1S/C14H27N3O2S/c1-3-15-12-14-6-4-5-9-17(14)20(18,19)16-10-7-13(2)8-11-16/h7,14-15H,3-6,8-12H2,1-2H3. The Kier molecular flexibility index (Phi) is 5.60. The fraction of sp³-hybridized carbons (Fsp3) is 0.857. The first-order chi connectivity index (χ1) is 9.55. The molecular formula is C14H27N3O2S. The Bertz CT molecular complexity index is 447. The van der Waals surface area contributed by atoms with Crippen LogP contribution in [0.25, 0.3) is 0 Å². The van der Waals surface area contributed by atoms with Crippen molar-refractivity contribution in [1.82, 2.24) is 13.9 Å². The van der Waals surface area contributed by atoms with E-state index in [1.165, 1.54) is 5.57 Å². The van der Waals surface area contributed by atoms with E-state index in [1.54, 1.807) is 8.61 Å². The van der Waals surface area contributed by atoms with Crippen LogP contribution in [0.2, 0.25) is 0 Å². The zero-order valence-electron chi connectivity index (χ0n) is 12.6. The zero-order valence-corrected chi connectivity index (χ0v) is 13.5. The van der Waals surface area contributed by atoms with Gasteiger partial charge in [0, 0.05) is 32.2 Å². The summed E-state index contributed by atoms with van der Waals surface area (Å²) in [7, 11) is -3.31. The Hall–Kier alpha value is -0.430. The van der Waals surface area contributed by atoms with E-state index in [2.05, 4.69) is 19.2 Å². The van der Waals surface area contributed by atoms with Crippen LogP contribution >= 0.6 is 0 Å². The summed E-state index contributed by atoms with van der Waals surface area (Å²) in [6, 6.07) is 0.112. The van der Waals surface area contributed by atoms with Crippen LogP contribution in [0.4, 0.5) is 0 Å². The van der Waals surface area contributed by atoms with E-state index in [1.807, 2.05) is 6.08 Å². The van der Waals surface area contributed by atoms with Gasteiger partial charge in [0.25, 0.3) is 10.2 Å². The van der Waals surface area contributed by atoms with Crippen LogP contribution in [0.1, 0.15) is 39.5 Å². The molecule has 116 valence electrons. The maximum absolute atomic E-state index is 12.8. The number of hydrogen-bond donors (Lipinski definition) is 1. The quantitative estimate of drug-likeness (QED) is 0.780.